The largest absolute Gasteiger partial charge is 0.493 e. The van der Waals surface area contributed by atoms with Crippen LogP contribution in [0.25, 0.3) is 0 Å². The molecule has 0 radical (unpaired) electrons. The molecule has 21 heavy (non-hydrogen) atoms. The van der Waals surface area contributed by atoms with Gasteiger partial charge in [0.15, 0.2) is 11.5 Å². The van der Waals surface area contributed by atoms with E-state index < -0.39 is 22.5 Å². The fourth-order valence-corrected chi connectivity index (χ4v) is 1.81. The molecule has 0 aliphatic carbocycles. The Kier molecular flexibility index (Phi) is 5.09. The van der Waals surface area contributed by atoms with Gasteiger partial charge in [-0.1, -0.05) is 0 Å². The van der Waals surface area contributed by atoms with E-state index in [9.17, 15) is 14.9 Å². The lowest BCUT2D eigenvalue weighted by atomic mass is 9.96. The Morgan fingerprint density at radius 2 is 2.14 bits per heavy atom. The van der Waals surface area contributed by atoms with Gasteiger partial charge in [-0.25, -0.2) is 0 Å². The highest BCUT2D eigenvalue weighted by atomic mass is 16.6. The molecule has 0 bridgehead atoms. The number of rotatable bonds is 7. The van der Waals surface area contributed by atoms with Crippen LogP contribution in [0.3, 0.4) is 0 Å². The molecule has 0 amide bonds. The zero-order chi connectivity index (χ0) is 16.2. The molecule has 2 atom stereocenters. The lowest BCUT2D eigenvalue weighted by molar-refractivity contribution is -0.385. The van der Waals surface area contributed by atoms with Crippen LogP contribution in [0.15, 0.2) is 18.2 Å². The smallest absolute Gasteiger partial charge is 0.323 e. The maximum absolute atomic E-state index is 11.0. The first kappa shape index (κ1) is 16.7. The fraction of sp³-hybridized carbons (Fsp3) is 0.462. The summed E-state index contributed by atoms with van der Waals surface area (Å²) in [5.74, 6) is -0.643. The van der Waals surface area contributed by atoms with Gasteiger partial charge in [0.2, 0.25) is 0 Å². The predicted molar refractivity (Wildman–Crippen MR) is 74.6 cm³/mol. The molecule has 8 heteroatoms. The SMILES string of the molecule is COc1cc([N+](=O)[O-])ccc1OC(C)CC(C)(N)C(=O)O. The predicted octanol–water partition coefficient (Wildman–Crippen LogP) is 1.56. The van der Waals surface area contributed by atoms with Gasteiger partial charge in [-0.15, -0.1) is 0 Å². The van der Waals surface area contributed by atoms with Crippen LogP contribution in [-0.2, 0) is 4.79 Å². The van der Waals surface area contributed by atoms with E-state index in [4.69, 9.17) is 20.3 Å². The van der Waals surface area contributed by atoms with Crippen LogP contribution >= 0.6 is 0 Å². The van der Waals surface area contributed by atoms with Gasteiger partial charge in [0, 0.05) is 12.5 Å². The molecule has 1 aromatic carbocycles. The van der Waals surface area contributed by atoms with Gasteiger partial charge < -0.3 is 20.3 Å². The van der Waals surface area contributed by atoms with Crippen molar-refractivity contribution in [3.8, 4) is 11.5 Å². The van der Waals surface area contributed by atoms with Gasteiger partial charge in [0.25, 0.3) is 5.69 Å². The van der Waals surface area contributed by atoms with Crippen LogP contribution < -0.4 is 15.2 Å². The molecule has 0 saturated carbocycles. The van der Waals surface area contributed by atoms with E-state index >= 15 is 0 Å². The van der Waals surface area contributed by atoms with Crippen LogP contribution in [0.5, 0.6) is 11.5 Å². The Labute approximate surface area is 121 Å². The summed E-state index contributed by atoms with van der Waals surface area (Å²) in [7, 11) is 1.36. The number of carboxylic acid groups (broad SMARTS) is 1. The number of nitrogens with two attached hydrogens (primary N) is 1. The number of nitrogens with zero attached hydrogens (tertiary/aromatic N) is 1. The zero-order valence-electron chi connectivity index (χ0n) is 12.0. The number of hydrogen-bond acceptors (Lipinski definition) is 6. The van der Waals surface area contributed by atoms with E-state index in [1.807, 2.05) is 0 Å². The van der Waals surface area contributed by atoms with E-state index in [1.165, 1.54) is 32.2 Å². The number of nitro benzene ring substituents is 1. The van der Waals surface area contributed by atoms with E-state index in [0.717, 1.165) is 0 Å². The standard InChI is InChI=1S/C13H18N2O6/c1-8(7-13(2,14)12(16)17)21-10-5-4-9(15(18)19)6-11(10)20-3/h4-6,8H,7,14H2,1-3H3,(H,16,17). The van der Waals surface area contributed by atoms with Gasteiger partial charge in [0.1, 0.15) is 5.54 Å². The van der Waals surface area contributed by atoms with Crippen molar-refractivity contribution in [3.63, 3.8) is 0 Å². The van der Waals surface area contributed by atoms with Crippen molar-refractivity contribution < 1.29 is 24.3 Å². The minimum Gasteiger partial charge on any atom is -0.493 e. The van der Waals surface area contributed by atoms with Crippen molar-refractivity contribution in [1.29, 1.82) is 0 Å². The van der Waals surface area contributed by atoms with Crippen LogP contribution in [0.4, 0.5) is 5.69 Å². The lowest BCUT2D eigenvalue weighted by Gasteiger charge is -2.24. The molecule has 0 fully saturated rings. The third-order valence-corrected chi connectivity index (χ3v) is 2.89. The summed E-state index contributed by atoms with van der Waals surface area (Å²) in [5.41, 5.74) is 4.10. The molecule has 8 nitrogen and oxygen atoms in total. The summed E-state index contributed by atoms with van der Waals surface area (Å²) in [5, 5.41) is 19.7. The quantitative estimate of drug-likeness (QED) is 0.578. The van der Waals surface area contributed by atoms with Gasteiger partial charge >= 0.3 is 5.97 Å². The molecule has 116 valence electrons. The molecule has 2 unspecified atom stereocenters. The van der Waals surface area contributed by atoms with Crippen molar-refractivity contribution in [2.45, 2.75) is 31.9 Å². The maximum Gasteiger partial charge on any atom is 0.323 e. The highest BCUT2D eigenvalue weighted by molar-refractivity contribution is 5.77. The Morgan fingerprint density at radius 1 is 1.52 bits per heavy atom. The molecule has 1 rings (SSSR count). The Hall–Kier alpha value is -2.35. The number of carboxylic acids is 1. The first-order valence-corrected chi connectivity index (χ1v) is 6.18. The number of benzene rings is 1. The minimum atomic E-state index is -1.42. The molecule has 0 saturated heterocycles. The normalized spacial score (nSPS) is 14.9. The summed E-state index contributed by atoms with van der Waals surface area (Å²) in [6, 6.07) is 3.92. The third kappa shape index (κ3) is 4.32. The highest BCUT2D eigenvalue weighted by Gasteiger charge is 2.31. The molecular formula is C13H18N2O6. The summed E-state index contributed by atoms with van der Waals surface area (Å²) in [6.07, 6.45) is -0.436. The second kappa shape index (κ2) is 6.40. The third-order valence-electron chi connectivity index (χ3n) is 2.89. The molecular weight excluding hydrogens is 280 g/mol. The van der Waals surface area contributed by atoms with E-state index in [0.29, 0.717) is 0 Å². The molecule has 0 aliphatic rings. The summed E-state index contributed by atoms with van der Waals surface area (Å²) >= 11 is 0. The molecule has 0 heterocycles. The minimum absolute atomic E-state index is 0.0719. The van der Waals surface area contributed by atoms with Gasteiger partial charge in [0.05, 0.1) is 24.2 Å². The van der Waals surface area contributed by atoms with Crippen LogP contribution in [0, 0.1) is 10.1 Å². The molecule has 1 aromatic rings. The highest BCUT2D eigenvalue weighted by Crippen LogP contribution is 2.32. The van der Waals surface area contributed by atoms with Gasteiger partial charge in [-0.3, -0.25) is 14.9 Å². The second-order valence-electron chi connectivity index (χ2n) is 4.95. The van der Waals surface area contributed by atoms with Crippen molar-refractivity contribution in [3.05, 3.63) is 28.3 Å². The molecule has 0 aromatic heterocycles. The van der Waals surface area contributed by atoms with Crippen LogP contribution in [0.2, 0.25) is 0 Å². The van der Waals surface area contributed by atoms with Gasteiger partial charge in [-0.2, -0.15) is 0 Å². The van der Waals surface area contributed by atoms with Crippen molar-refractivity contribution >= 4 is 11.7 Å². The van der Waals surface area contributed by atoms with Crippen molar-refractivity contribution in [1.82, 2.24) is 0 Å². The van der Waals surface area contributed by atoms with Crippen molar-refractivity contribution in [2.75, 3.05) is 7.11 Å². The number of non-ortho nitro benzene ring substituents is 1. The Balaban J connectivity index is 2.87. The number of ether oxygens (including phenoxy) is 2. The van der Waals surface area contributed by atoms with Crippen LogP contribution in [-0.4, -0.2) is 34.8 Å². The molecule has 3 N–H and O–H groups in total. The molecule has 0 spiro atoms. The number of hydrogen-bond donors (Lipinski definition) is 2. The summed E-state index contributed by atoms with van der Waals surface area (Å²) in [6.45, 7) is 3.05. The van der Waals surface area contributed by atoms with E-state index in [1.54, 1.807) is 6.92 Å². The Morgan fingerprint density at radius 3 is 2.62 bits per heavy atom. The maximum atomic E-state index is 11.0. The average molecular weight is 298 g/mol. The number of nitro groups is 1. The molecule has 0 aliphatic heterocycles. The lowest BCUT2D eigenvalue weighted by Crippen LogP contribution is -2.47. The summed E-state index contributed by atoms with van der Waals surface area (Å²) < 4.78 is 10.6. The topological polar surface area (TPSA) is 125 Å². The first-order valence-electron chi connectivity index (χ1n) is 6.18. The van der Waals surface area contributed by atoms with Crippen molar-refractivity contribution in [2.24, 2.45) is 5.73 Å². The second-order valence-corrected chi connectivity index (χ2v) is 4.95. The zero-order valence-corrected chi connectivity index (χ0v) is 12.0. The van der Waals surface area contributed by atoms with E-state index in [2.05, 4.69) is 0 Å². The van der Waals surface area contributed by atoms with Gasteiger partial charge in [-0.05, 0) is 19.9 Å². The first-order chi connectivity index (χ1) is 9.67. The van der Waals surface area contributed by atoms with E-state index in [-0.39, 0.29) is 23.6 Å². The average Bonchev–Trinajstić information content (AvgIpc) is 2.37. The number of carbonyl (C=O) groups is 1. The number of methoxy groups -OCH3 is 1. The monoisotopic (exact) mass is 298 g/mol. The summed E-state index contributed by atoms with van der Waals surface area (Å²) in [4.78, 5) is 21.1. The fourth-order valence-electron chi connectivity index (χ4n) is 1.81. The van der Waals surface area contributed by atoms with Crippen LogP contribution in [0.1, 0.15) is 20.3 Å². The Bertz CT molecular complexity index is 543. The number of aliphatic carboxylic acids is 1.